The van der Waals surface area contributed by atoms with Gasteiger partial charge in [-0.3, -0.25) is 0 Å². The molecule has 1 N–H and O–H groups in total. The Hall–Kier alpha value is -15.4. The third-order valence-corrected chi connectivity index (χ3v) is 25.8. The van der Waals surface area contributed by atoms with Gasteiger partial charge in [-0.25, -0.2) is 0 Å². The normalized spacial score (nSPS) is 12.6. The molecule has 2 heterocycles. The number of hydrogen-bond acceptors (Lipinski definition) is 2. The molecule has 0 bridgehead atoms. The quantitative estimate of drug-likeness (QED) is 0.124. The van der Waals surface area contributed by atoms with E-state index >= 15 is 0 Å². The van der Waals surface area contributed by atoms with Crippen LogP contribution in [0.1, 0.15) is 44.5 Å². The standard InChI is InChI=1S/C59H40N2.C34H24N2.C25H17Br/c1-3-18-43(19-4-1)59(55-27-12-9-23-51(55)52-24-10-13-28-56(52)59)44-32-36-47(37-33-44)60(46-34-30-42(31-35-46)50-26-15-17-41-16-7-8-22-49(41)50)48-38-39-58-54(40-48)53-25-11-14-29-57(53)61(58)45-20-5-2-6-21-45;1-2-11-28(12-3-1)36-33-16-7-6-14-31(33)32-23-27(21-22-34(32)36)35-26-19-17-25(18-20-26)30-15-8-10-24-9-4-5-13-29(24)30;26-20-16-14-19(15-17-20)25(18-8-2-1-3-9-18)23-12-6-4-10-21(23)22-11-5-7-13-24(22)25/h1-40H;1-23,35H;1-17H. The van der Waals surface area contributed by atoms with E-state index in [9.17, 15) is 0 Å². The van der Waals surface area contributed by atoms with Gasteiger partial charge in [0.05, 0.1) is 32.9 Å². The number of rotatable bonds is 13. The highest BCUT2D eigenvalue weighted by Gasteiger charge is 2.47. The van der Waals surface area contributed by atoms with Crippen LogP contribution in [-0.2, 0) is 10.8 Å². The van der Waals surface area contributed by atoms with Crippen molar-refractivity contribution in [2.24, 2.45) is 0 Å². The van der Waals surface area contributed by atoms with E-state index in [0.29, 0.717) is 0 Å². The summed E-state index contributed by atoms with van der Waals surface area (Å²) in [5.74, 6) is 0. The molecule has 20 aromatic carbocycles. The minimum Gasteiger partial charge on any atom is -0.356 e. The Morgan fingerprint density at radius 2 is 0.520 bits per heavy atom. The Kier molecular flexibility index (Phi) is 18.9. The number of halogens is 1. The van der Waals surface area contributed by atoms with Crippen LogP contribution in [0, 0.1) is 0 Å². The summed E-state index contributed by atoms with van der Waals surface area (Å²) in [7, 11) is 0. The van der Waals surface area contributed by atoms with E-state index < -0.39 is 5.41 Å². The molecule has 5 heteroatoms. The summed E-state index contributed by atoms with van der Waals surface area (Å²) in [6.45, 7) is 0. The Balaban J connectivity index is 0.000000122. The SMILES string of the molecule is Brc1ccc(C2(c3ccccc3)c3ccccc3-c3ccccc32)cc1.c1ccc(-n2c3ccccc3c3cc(N(c4ccc(-c5cccc6ccccc56)cc4)c4ccc(C5(c6ccccc6)c6ccccc6-c6ccccc65)cc4)ccc32)cc1.c1ccc(-n2c3ccccc3c3cc(Nc4ccc(-c5cccc6ccccc56)cc4)ccc32)cc1. The minimum absolute atomic E-state index is 0.283. The van der Waals surface area contributed by atoms with Gasteiger partial charge in [0.25, 0.3) is 0 Å². The predicted octanol–water partition coefficient (Wildman–Crippen LogP) is 31.6. The lowest BCUT2D eigenvalue weighted by Crippen LogP contribution is -2.28. The molecule has 0 atom stereocenters. The Labute approximate surface area is 724 Å². The maximum absolute atomic E-state index is 3.62. The first-order valence-corrected chi connectivity index (χ1v) is 43.0. The minimum atomic E-state index is -0.462. The van der Waals surface area contributed by atoms with Crippen LogP contribution in [0.25, 0.3) is 121 Å². The van der Waals surface area contributed by atoms with Gasteiger partial charge in [-0.15, -0.1) is 0 Å². The molecule has 2 aromatic heterocycles. The fourth-order valence-corrected chi connectivity index (χ4v) is 20.2. The highest BCUT2D eigenvalue weighted by Crippen LogP contribution is 2.58. The Morgan fingerprint density at radius 3 is 0.976 bits per heavy atom. The van der Waals surface area contributed by atoms with Gasteiger partial charge in [0.2, 0.25) is 0 Å². The van der Waals surface area contributed by atoms with Crippen LogP contribution in [0.2, 0.25) is 0 Å². The van der Waals surface area contributed by atoms with E-state index in [4.69, 9.17) is 0 Å². The van der Waals surface area contributed by atoms with Gasteiger partial charge < -0.3 is 19.4 Å². The molecule has 24 rings (SSSR count). The second-order valence-electron chi connectivity index (χ2n) is 31.9. The van der Waals surface area contributed by atoms with E-state index in [1.54, 1.807) is 0 Å². The molecular formula is C118H81BrN4. The van der Waals surface area contributed by atoms with Crippen molar-refractivity contribution in [1.82, 2.24) is 9.13 Å². The van der Waals surface area contributed by atoms with Crippen molar-refractivity contribution in [3.63, 3.8) is 0 Å². The zero-order valence-corrected chi connectivity index (χ0v) is 69.0. The van der Waals surface area contributed by atoms with E-state index in [1.807, 2.05) is 0 Å². The van der Waals surface area contributed by atoms with E-state index in [-0.39, 0.29) is 5.41 Å². The van der Waals surface area contributed by atoms with Crippen molar-refractivity contribution in [2.75, 3.05) is 10.2 Å². The highest BCUT2D eigenvalue weighted by atomic mass is 79.9. The van der Waals surface area contributed by atoms with Crippen molar-refractivity contribution in [2.45, 2.75) is 10.8 Å². The van der Waals surface area contributed by atoms with Gasteiger partial charge in [0.15, 0.2) is 0 Å². The summed E-state index contributed by atoms with van der Waals surface area (Å²) in [4.78, 5) is 2.41. The zero-order chi connectivity index (χ0) is 81.8. The van der Waals surface area contributed by atoms with Gasteiger partial charge in [0.1, 0.15) is 0 Å². The molecule has 123 heavy (non-hydrogen) atoms. The highest BCUT2D eigenvalue weighted by molar-refractivity contribution is 9.10. The Morgan fingerprint density at radius 1 is 0.211 bits per heavy atom. The molecule has 0 unspecified atom stereocenters. The molecule has 0 spiro atoms. The zero-order valence-electron chi connectivity index (χ0n) is 67.4. The molecule has 2 aliphatic carbocycles. The first-order chi connectivity index (χ1) is 60.9. The van der Waals surface area contributed by atoms with Gasteiger partial charge in [-0.2, -0.15) is 0 Å². The number of aromatic nitrogens is 2. The number of anilines is 5. The maximum atomic E-state index is 3.62. The molecule has 2 aliphatic rings. The summed E-state index contributed by atoms with van der Waals surface area (Å²) in [6.07, 6.45) is 0. The lowest BCUT2D eigenvalue weighted by Gasteiger charge is -2.34. The number of hydrogen-bond donors (Lipinski definition) is 1. The molecular weight excluding hydrogens is 1550 g/mol. The Bertz CT molecular complexity index is 7590. The molecule has 0 radical (unpaired) electrons. The number of nitrogens with zero attached hydrogens (tertiary/aromatic N) is 3. The maximum Gasteiger partial charge on any atom is 0.0713 e. The first-order valence-electron chi connectivity index (χ1n) is 42.2. The van der Waals surface area contributed by atoms with Gasteiger partial charge >= 0.3 is 0 Å². The summed E-state index contributed by atoms with van der Waals surface area (Å²) < 4.78 is 5.82. The van der Waals surface area contributed by atoms with Crippen molar-refractivity contribution in [3.05, 3.63) is 534 Å². The van der Waals surface area contributed by atoms with E-state index in [2.05, 4.69) is 521 Å². The average Bonchev–Trinajstić information content (AvgIpc) is 1.55. The first kappa shape index (κ1) is 73.9. The summed E-state index contributed by atoms with van der Waals surface area (Å²) in [6, 6.07) is 176. The molecule has 0 saturated carbocycles. The van der Waals surface area contributed by atoms with Crippen LogP contribution in [0.3, 0.4) is 0 Å². The van der Waals surface area contributed by atoms with Crippen LogP contribution >= 0.6 is 15.9 Å². The van der Waals surface area contributed by atoms with Crippen LogP contribution in [0.15, 0.2) is 490 Å². The summed E-state index contributed by atoms with van der Waals surface area (Å²) in [5, 5.41) is 13.6. The monoisotopic (exact) mass is 1630 g/mol. The third-order valence-electron chi connectivity index (χ3n) is 25.3. The summed E-state index contributed by atoms with van der Waals surface area (Å²) >= 11 is 3.59. The van der Waals surface area contributed by atoms with Crippen LogP contribution in [-0.4, -0.2) is 9.13 Å². The molecule has 0 saturated heterocycles. The second-order valence-corrected chi connectivity index (χ2v) is 32.8. The van der Waals surface area contributed by atoms with Gasteiger partial charge in [-0.05, 0) is 232 Å². The fraction of sp³-hybridized carbons (Fsp3) is 0.0169. The topological polar surface area (TPSA) is 25.1 Å². The number of nitrogens with one attached hydrogen (secondary N) is 1. The van der Waals surface area contributed by atoms with Gasteiger partial charge in [0, 0.05) is 65.8 Å². The molecule has 22 aromatic rings. The smallest absolute Gasteiger partial charge is 0.0713 e. The van der Waals surface area contributed by atoms with E-state index in [0.717, 1.165) is 38.6 Å². The van der Waals surface area contributed by atoms with E-state index in [1.165, 1.54) is 160 Å². The molecule has 4 nitrogen and oxygen atoms in total. The summed E-state index contributed by atoms with van der Waals surface area (Å²) in [5.41, 5.74) is 32.4. The molecule has 0 amide bonds. The second kappa shape index (κ2) is 31.4. The molecule has 580 valence electrons. The van der Waals surface area contributed by atoms with Crippen LogP contribution in [0.5, 0.6) is 0 Å². The third kappa shape index (κ3) is 12.7. The lowest BCUT2D eigenvalue weighted by atomic mass is 9.68. The lowest BCUT2D eigenvalue weighted by molar-refractivity contribution is 0.768. The van der Waals surface area contributed by atoms with Crippen LogP contribution < -0.4 is 10.2 Å². The van der Waals surface area contributed by atoms with Crippen molar-refractivity contribution < 1.29 is 0 Å². The fourth-order valence-electron chi connectivity index (χ4n) is 19.9. The molecule has 0 fully saturated rings. The largest absolute Gasteiger partial charge is 0.356 e. The number of para-hydroxylation sites is 4. The average molecular weight is 1630 g/mol. The number of fused-ring (bicyclic) bond motifs is 14. The predicted molar refractivity (Wildman–Crippen MR) is 521 cm³/mol. The van der Waals surface area contributed by atoms with Crippen molar-refractivity contribution >= 4 is 110 Å². The van der Waals surface area contributed by atoms with Gasteiger partial charge in [-0.1, -0.05) is 380 Å². The molecule has 0 aliphatic heterocycles. The van der Waals surface area contributed by atoms with Crippen molar-refractivity contribution in [3.8, 4) is 55.9 Å². The van der Waals surface area contributed by atoms with Crippen molar-refractivity contribution in [1.29, 1.82) is 0 Å². The van der Waals surface area contributed by atoms with Crippen LogP contribution in [0.4, 0.5) is 28.4 Å². The number of benzene rings is 20.